The van der Waals surface area contributed by atoms with E-state index in [1.165, 1.54) is 17.0 Å². The predicted molar refractivity (Wildman–Crippen MR) is 162 cm³/mol. The van der Waals surface area contributed by atoms with Crippen LogP contribution >= 0.6 is 0 Å². The van der Waals surface area contributed by atoms with Crippen LogP contribution in [0.3, 0.4) is 0 Å². The van der Waals surface area contributed by atoms with Crippen LogP contribution in [-0.4, -0.2) is 50.4 Å². The topological polar surface area (TPSA) is 96.0 Å². The number of anilines is 1. The number of nitrogens with zero attached hydrogens (tertiary/aromatic N) is 2. The van der Waals surface area contributed by atoms with E-state index in [0.29, 0.717) is 17.9 Å². The molecule has 3 rings (SSSR count). The molecule has 3 aromatic carbocycles. The molecule has 0 radical (unpaired) electrons. The average molecular weight is 580 g/mol. The summed E-state index contributed by atoms with van der Waals surface area (Å²) in [6, 6.07) is 21.6. The first-order valence-corrected chi connectivity index (χ1v) is 15.2. The number of carbonyl (C=O) groups excluding carboxylic acids is 2. The summed E-state index contributed by atoms with van der Waals surface area (Å²) in [5.41, 5.74) is 1.69. The Morgan fingerprint density at radius 1 is 0.878 bits per heavy atom. The number of benzene rings is 3. The second-order valence-corrected chi connectivity index (χ2v) is 12.7. The van der Waals surface area contributed by atoms with Crippen LogP contribution in [0.4, 0.5) is 5.69 Å². The number of sulfonamides is 1. The van der Waals surface area contributed by atoms with Crippen molar-refractivity contribution in [1.82, 2.24) is 10.2 Å². The number of methoxy groups -OCH3 is 1. The lowest BCUT2D eigenvalue weighted by atomic mass is 10.1. The van der Waals surface area contributed by atoms with Gasteiger partial charge in [0, 0.05) is 12.1 Å². The van der Waals surface area contributed by atoms with Gasteiger partial charge in [-0.05, 0) is 81.1 Å². The standard InChI is InChI=1S/C32H41N3O5S/c1-7-24-14-18-26(19-15-24)35(41(38,39)28-12-10-9-11-13-28)23-30(36)34(22-25-16-20-27(40-6)21-17-25)29(8-2)31(37)33-32(3,4)5/h9-21,29H,7-8,22-23H2,1-6H3,(H,33,37). The van der Waals surface area contributed by atoms with Gasteiger partial charge in [0.2, 0.25) is 11.8 Å². The number of hydrogen-bond donors (Lipinski definition) is 1. The van der Waals surface area contributed by atoms with Crippen molar-refractivity contribution >= 4 is 27.5 Å². The van der Waals surface area contributed by atoms with Gasteiger partial charge < -0.3 is 15.0 Å². The monoisotopic (exact) mass is 579 g/mol. The normalized spacial score (nSPS) is 12.3. The Kier molecular flexibility index (Phi) is 10.6. The molecule has 0 aliphatic rings. The zero-order chi connectivity index (χ0) is 30.2. The third-order valence-electron chi connectivity index (χ3n) is 6.64. The molecule has 0 spiro atoms. The molecular weight excluding hydrogens is 538 g/mol. The second-order valence-electron chi connectivity index (χ2n) is 10.9. The number of hydrogen-bond acceptors (Lipinski definition) is 5. The van der Waals surface area contributed by atoms with E-state index in [1.54, 1.807) is 49.6 Å². The molecule has 0 aromatic heterocycles. The predicted octanol–water partition coefficient (Wildman–Crippen LogP) is 5.18. The van der Waals surface area contributed by atoms with E-state index >= 15 is 0 Å². The molecule has 41 heavy (non-hydrogen) atoms. The highest BCUT2D eigenvalue weighted by atomic mass is 32.2. The minimum Gasteiger partial charge on any atom is -0.497 e. The molecule has 0 aliphatic heterocycles. The minimum atomic E-state index is -4.10. The lowest BCUT2D eigenvalue weighted by molar-refractivity contribution is -0.141. The van der Waals surface area contributed by atoms with Crippen molar-refractivity contribution in [2.24, 2.45) is 0 Å². The molecule has 0 saturated carbocycles. The van der Waals surface area contributed by atoms with Crippen molar-refractivity contribution in [3.05, 3.63) is 90.0 Å². The molecule has 0 fully saturated rings. The lowest BCUT2D eigenvalue weighted by Gasteiger charge is -2.34. The Labute approximate surface area is 244 Å². The number of nitrogens with one attached hydrogen (secondary N) is 1. The third kappa shape index (κ3) is 8.33. The lowest BCUT2D eigenvalue weighted by Crippen LogP contribution is -2.55. The van der Waals surface area contributed by atoms with Crippen LogP contribution < -0.4 is 14.4 Å². The summed E-state index contributed by atoms with van der Waals surface area (Å²) >= 11 is 0. The Bertz CT molecular complexity index is 1400. The zero-order valence-corrected chi connectivity index (χ0v) is 25.6. The fourth-order valence-electron chi connectivity index (χ4n) is 4.45. The molecule has 1 atom stereocenters. The van der Waals surface area contributed by atoms with Crippen LogP contribution in [0.25, 0.3) is 0 Å². The van der Waals surface area contributed by atoms with Crippen molar-refractivity contribution in [2.75, 3.05) is 18.0 Å². The van der Waals surface area contributed by atoms with E-state index in [-0.39, 0.29) is 17.3 Å². The summed E-state index contributed by atoms with van der Waals surface area (Å²) in [6.07, 6.45) is 1.14. The smallest absolute Gasteiger partial charge is 0.264 e. The first-order chi connectivity index (χ1) is 19.4. The van der Waals surface area contributed by atoms with Crippen LogP contribution in [-0.2, 0) is 32.6 Å². The summed E-state index contributed by atoms with van der Waals surface area (Å²) in [4.78, 5) is 29.1. The van der Waals surface area contributed by atoms with Crippen molar-refractivity contribution in [2.45, 2.75) is 70.5 Å². The SMILES string of the molecule is CCc1ccc(N(CC(=O)N(Cc2ccc(OC)cc2)C(CC)C(=O)NC(C)(C)C)S(=O)(=O)c2ccccc2)cc1. The summed E-state index contributed by atoms with van der Waals surface area (Å²) in [5, 5.41) is 2.98. The molecular formula is C32H41N3O5S. The number of ether oxygens (including phenoxy) is 1. The second kappa shape index (κ2) is 13.7. The number of rotatable bonds is 12. The third-order valence-corrected chi connectivity index (χ3v) is 8.43. The van der Waals surface area contributed by atoms with Crippen LogP contribution in [0.15, 0.2) is 83.8 Å². The van der Waals surface area contributed by atoms with Gasteiger partial charge in [-0.2, -0.15) is 0 Å². The van der Waals surface area contributed by atoms with Gasteiger partial charge in [0.1, 0.15) is 18.3 Å². The van der Waals surface area contributed by atoms with Gasteiger partial charge in [-0.15, -0.1) is 0 Å². The molecule has 0 heterocycles. The van der Waals surface area contributed by atoms with Gasteiger partial charge in [-0.1, -0.05) is 56.3 Å². The van der Waals surface area contributed by atoms with Gasteiger partial charge in [0.05, 0.1) is 17.7 Å². The molecule has 1 unspecified atom stereocenters. The summed E-state index contributed by atoms with van der Waals surface area (Å²) in [7, 11) is -2.52. The van der Waals surface area contributed by atoms with Crippen LogP contribution in [0.2, 0.25) is 0 Å². The molecule has 220 valence electrons. The fraction of sp³-hybridized carbons (Fsp3) is 0.375. The first kappa shape index (κ1) is 31.7. The Balaban J connectivity index is 2.06. The molecule has 9 heteroatoms. The van der Waals surface area contributed by atoms with Crippen molar-refractivity contribution in [3.8, 4) is 5.75 Å². The zero-order valence-electron chi connectivity index (χ0n) is 24.8. The van der Waals surface area contributed by atoms with Crippen molar-refractivity contribution in [3.63, 3.8) is 0 Å². The van der Waals surface area contributed by atoms with E-state index in [1.807, 2.05) is 58.9 Å². The molecule has 2 amide bonds. The van der Waals surface area contributed by atoms with Crippen LogP contribution in [0, 0.1) is 0 Å². The molecule has 8 nitrogen and oxygen atoms in total. The van der Waals surface area contributed by atoms with Gasteiger partial charge in [0.15, 0.2) is 0 Å². The van der Waals surface area contributed by atoms with E-state index in [9.17, 15) is 18.0 Å². The first-order valence-electron chi connectivity index (χ1n) is 13.8. The highest BCUT2D eigenvalue weighted by Gasteiger charge is 2.34. The Hall–Kier alpha value is -3.85. The largest absolute Gasteiger partial charge is 0.497 e. The minimum absolute atomic E-state index is 0.0755. The van der Waals surface area contributed by atoms with Crippen molar-refractivity contribution in [1.29, 1.82) is 0 Å². The Morgan fingerprint density at radius 2 is 1.46 bits per heavy atom. The number of aryl methyl sites for hydroxylation is 1. The van der Waals surface area contributed by atoms with Crippen LogP contribution in [0.5, 0.6) is 5.75 Å². The summed E-state index contributed by atoms with van der Waals surface area (Å²) < 4.78 is 34.2. The van der Waals surface area contributed by atoms with Gasteiger partial charge in [0.25, 0.3) is 10.0 Å². The van der Waals surface area contributed by atoms with E-state index in [0.717, 1.165) is 21.9 Å². The molecule has 0 aliphatic carbocycles. The van der Waals surface area contributed by atoms with Gasteiger partial charge in [-0.3, -0.25) is 13.9 Å². The number of amides is 2. The van der Waals surface area contributed by atoms with E-state index in [2.05, 4.69) is 5.32 Å². The highest BCUT2D eigenvalue weighted by molar-refractivity contribution is 7.92. The summed E-state index contributed by atoms with van der Waals surface area (Å²) in [5.74, 6) is -0.123. The Morgan fingerprint density at radius 3 is 1.98 bits per heavy atom. The molecule has 0 bridgehead atoms. The fourth-order valence-corrected chi connectivity index (χ4v) is 5.88. The van der Waals surface area contributed by atoms with Crippen molar-refractivity contribution < 1.29 is 22.7 Å². The summed E-state index contributed by atoms with van der Waals surface area (Å²) in [6.45, 7) is 9.12. The number of carbonyl (C=O) groups is 2. The maximum absolute atomic E-state index is 14.1. The highest BCUT2D eigenvalue weighted by Crippen LogP contribution is 2.26. The molecule has 3 aromatic rings. The van der Waals surface area contributed by atoms with E-state index < -0.39 is 34.1 Å². The molecule has 1 N–H and O–H groups in total. The quantitative estimate of drug-likeness (QED) is 0.319. The maximum Gasteiger partial charge on any atom is 0.264 e. The van der Waals surface area contributed by atoms with E-state index in [4.69, 9.17) is 4.74 Å². The van der Waals surface area contributed by atoms with Gasteiger partial charge in [-0.25, -0.2) is 8.42 Å². The average Bonchev–Trinajstić information content (AvgIpc) is 2.95. The van der Waals surface area contributed by atoms with Gasteiger partial charge >= 0.3 is 0 Å². The maximum atomic E-state index is 14.1. The molecule has 0 saturated heterocycles. The van der Waals surface area contributed by atoms with Crippen LogP contribution in [0.1, 0.15) is 52.2 Å².